The number of thiophene rings is 1. The molecule has 0 saturated carbocycles. The van der Waals surface area contributed by atoms with E-state index >= 15 is 0 Å². The molecule has 1 aromatic carbocycles. The van der Waals surface area contributed by atoms with Gasteiger partial charge in [-0.15, -0.1) is 0 Å². The molecular formula is C14H16N2O2S. The van der Waals surface area contributed by atoms with Gasteiger partial charge in [-0.25, -0.2) is 0 Å². The van der Waals surface area contributed by atoms with Crippen LogP contribution in [-0.4, -0.2) is 4.92 Å². The Labute approximate surface area is 116 Å². The molecule has 5 heteroatoms. The van der Waals surface area contributed by atoms with E-state index < -0.39 is 0 Å². The van der Waals surface area contributed by atoms with E-state index in [2.05, 4.69) is 23.7 Å². The van der Waals surface area contributed by atoms with Gasteiger partial charge in [-0.1, -0.05) is 12.1 Å². The number of benzene rings is 1. The zero-order chi connectivity index (χ0) is 13.8. The first kappa shape index (κ1) is 13.7. The number of nitro groups is 1. The van der Waals surface area contributed by atoms with Crippen LogP contribution in [0.15, 0.2) is 41.1 Å². The highest BCUT2D eigenvalue weighted by Crippen LogP contribution is 2.23. The van der Waals surface area contributed by atoms with E-state index in [4.69, 9.17) is 0 Å². The summed E-state index contributed by atoms with van der Waals surface area (Å²) in [4.78, 5) is 10.4. The third-order valence-corrected chi connectivity index (χ3v) is 3.83. The largest absolute Gasteiger partial charge is 0.304 e. The molecule has 19 heavy (non-hydrogen) atoms. The molecule has 2 aromatic rings. The minimum Gasteiger partial charge on any atom is -0.304 e. The molecule has 1 N–H and O–H groups in total. The first-order valence-corrected chi connectivity index (χ1v) is 7.04. The van der Waals surface area contributed by atoms with Crippen LogP contribution in [-0.2, 0) is 0 Å². The first-order valence-electron chi connectivity index (χ1n) is 6.10. The van der Waals surface area contributed by atoms with Crippen molar-refractivity contribution in [3.63, 3.8) is 0 Å². The molecule has 100 valence electrons. The van der Waals surface area contributed by atoms with Crippen LogP contribution in [0.25, 0.3) is 0 Å². The van der Waals surface area contributed by atoms with E-state index in [9.17, 15) is 10.1 Å². The number of nitro benzene ring substituents is 1. The smallest absolute Gasteiger partial charge is 0.269 e. The summed E-state index contributed by atoms with van der Waals surface area (Å²) in [6, 6.07) is 9.14. The van der Waals surface area contributed by atoms with E-state index in [0.29, 0.717) is 0 Å². The van der Waals surface area contributed by atoms with Crippen molar-refractivity contribution in [2.75, 3.05) is 0 Å². The highest BCUT2D eigenvalue weighted by molar-refractivity contribution is 7.07. The van der Waals surface area contributed by atoms with Gasteiger partial charge >= 0.3 is 0 Å². The second kappa shape index (κ2) is 5.95. The molecule has 2 rings (SSSR count). The van der Waals surface area contributed by atoms with Crippen LogP contribution in [0.4, 0.5) is 5.69 Å². The predicted molar refractivity (Wildman–Crippen MR) is 77.4 cm³/mol. The molecule has 1 heterocycles. The lowest BCUT2D eigenvalue weighted by atomic mass is 10.1. The number of nitrogens with zero attached hydrogens (tertiary/aromatic N) is 1. The highest BCUT2D eigenvalue weighted by atomic mass is 32.1. The summed E-state index contributed by atoms with van der Waals surface area (Å²) in [6.45, 7) is 4.11. The molecule has 0 aliphatic heterocycles. The van der Waals surface area contributed by atoms with E-state index in [1.54, 1.807) is 23.5 Å². The van der Waals surface area contributed by atoms with Gasteiger partial charge in [-0.2, -0.15) is 11.3 Å². The van der Waals surface area contributed by atoms with E-state index in [0.717, 1.165) is 5.56 Å². The standard InChI is InChI=1S/C14H16N2O2S/c1-10(15-11(2)13-6-7-19-9-13)12-4-3-5-14(8-12)16(17)18/h3-11,15H,1-2H3. The van der Waals surface area contributed by atoms with Crippen molar-refractivity contribution in [1.29, 1.82) is 0 Å². The molecule has 0 aliphatic carbocycles. The van der Waals surface area contributed by atoms with Crippen molar-refractivity contribution in [3.05, 3.63) is 62.3 Å². The minimum atomic E-state index is -0.363. The zero-order valence-electron chi connectivity index (χ0n) is 10.9. The topological polar surface area (TPSA) is 55.2 Å². The highest BCUT2D eigenvalue weighted by Gasteiger charge is 2.14. The van der Waals surface area contributed by atoms with Crippen molar-refractivity contribution in [2.24, 2.45) is 0 Å². The molecule has 1 aromatic heterocycles. The van der Waals surface area contributed by atoms with Gasteiger partial charge in [0.25, 0.3) is 5.69 Å². The van der Waals surface area contributed by atoms with Crippen molar-refractivity contribution in [2.45, 2.75) is 25.9 Å². The fraction of sp³-hybridized carbons (Fsp3) is 0.286. The van der Waals surface area contributed by atoms with Crippen molar-refractivity contribution < 1.29 is 4.92 Å². The Morgan fingerprint density at radius 1 is 1.21 bits per heavy atom. The van der Waals surface area contributed by atoms with Crippen LogP contribution in [0.3, 0.4) is 0 Å². The maximum atomic E-state index is 10.8. The lowest BCUT2D eigenvalue weighted by Crippen LogP contribution is -2.22. The van der Waals surface area contributed by atoms with Gasteiger partial charge < -0.3 is 5.32 Å². The van der Waals surface area contributed by atoms with Gasteiger partial charge in [-0.3, -0.25) is 10.1 Å². The van der Waals surface area contributed by atoms with Gasteiger partial charge in [-0.05, 0) is 41.8 Å². The normalized spacial score (nSPS) is 14.0. The summed E-state index contributed by atoms with van der Waals surface area (Å²) in [7, 11) is 0. The van der Waals surface area contributed by atoms with E-state index in [-0.39, 0.29) is 22.7 Å². The van der Waals surface area contributed by atoms with E-state index in [1.807, 2.05) is 18.4 Å². The van der Waals surface area contributed by atoms with Crippen LogP contribution in [0.5, 0.6) is 0 Å². The van der Waals surface area contributed by atoms with Gasteiger partial charge in [0.05, 0.1) is 4.92 Å². The number of hydrogen-bond acceptors (Lipinski definition) is 4. The molecular weight excluding hydrogens is 260 g/mol. The molecule has 0 spiro atoms. The summed E-state index contributed by atoms with van der Waals surface area (Å²) in [5.41, 5.74) is 2.30. The van der Waals surface area contributed by atoms with Crippen LogP contribution < -0.4 is 5.32 Å². The Balaban J connectivity index is 2.09. The summed E-state index contributed by atoms with van der Waals surface area (Å²) in [5.74, 6) is 0. The first-order chi connectivity index (χ1) is 9.08. The van der Waals surface area contributed by atoms with Crippen LogP contribution in [0, 0.1) is 10.1 Å². The molecule has 0 radical (unpaired) electrons. The lowest BCUT2D eigenvalue weighted by molar-refractivity contribution is -0.384. The second-order valence-electron chi connectivity index (χ2n) is 4.52. The Hall–Kier alpha value is -1.72. The Morgan fingerprint density at radius 2 is 1.95 bits per heavy atom. The lowest BCUT2D eigenvalue weighted by Gasteiger charge is -2.19. The molecule has 4 nitrogen and oxygen atoms in total. The summed E-state index contributed by atoms with van der Waals surface area (Å²) in [5, 5.41) is 18.4. The second-order valence-corrected chi connectivity index (χ2v) is 5.30. The quantitative estimate of drug-likeness (QED) is 0.661. The van der Waals surface area contributed by atoms with Crippen molar-refractivity contribution in [3.8, 4) is 0 Å². The van der Waals surface area contributed by atoms with Gasteiger partial charge in [0.15, 0.2) is 0 Å². The maximum Gasteiger partial charge on any atom is 0.269 e. The molecule has 0 bridgehead atoms. The van der Waals surface area contributed by atoms with Crippen LogP contribution in [0.1, 0.15) is 37.1 Å². The molecule has 2 unspecified atom stereocenters. The SMILES string of the molecule is CC(NC(C)c1cccc([N+](=O)[O-])c1)c1ccsc1. The average Bonchev–Trinajstić information content (AvgIpc) is 2.92. The fourth-order valence-electron chi connectivity index (χ4n) is 2.00. The molecule has 0 saturated heterocycles. The summed E-state index contributed by atoms with van der Waals surface area (Å²) in [6.07, 6.45) is 0. The Bertz CT molecular complexity index is 554. The fourth-order valence-corrected chi connectivity index (χ4v) is 2.75. The molecule has 0 amide bonds. The van der Waals surface area contributed by atoms with E-state index in [1.165, 1.54) is 11.6 Å². The number of nitrogens with one attached hydrogen (secondary N) is 1. The van der Waals surface area contributed by atoms with Crippen molar-refractivity contribution in [1.82, 2.24) is 5.32 Å². The third kappa shape index (κ3) is 3.39. The van der Waals surface area contributed by atoms with Crippen LogP contribution in [0.2, 0.25) is 0 Å². The monoisotopic (exact) mass is 276 g/mol. The Kier molecular flexibility index (Phi) is 4.29. The van der Waals surface area contributed by atoms with Gasteiger partial charge in [0.1, 0.15) is 0 Å². The predicted octanol–water partition coefficient (Wildman–Crippen LogP) is 4.07. The minimum absolute atomic E-state index is 0.0646. The van der Waals surface area contributed by atoms with Crippen molar-refractivity contribution >= 4 is 17.0 Å². The molecule has 0 aliphatic rings. The molecule has 0 fully saturated rings. The number of rotatable bonds is 5. The van der Waals surface area contributed by atoms with Gasteiger partial charge in [0, 0.05) is 24.2 Å². The summed E-state index contributed by atoms with van der Waals surface area (Å²) >= 11 is 1.67. The number of non-ortho nitro benzene ring substituents is 1. The third-order valence-electron chi connectivity index (χ3n) is 3.12. The summed E-state index contributed by atoms with van der Waals surface area (Å²) < 4.78 is 0. The van der Waals surface area contributed by atoms with Crippen LogP contribution >= 0.6 is 11.3 Å². The number of hydrogen-bond donors (Lipinski definition) is 1. The average molecular weight is 276 g/mol. The zero-order valence-corrected chi connectivity index (χ0v) is 11.7. The molecule has 2 atom stereocenters. The maximum absolute atomic E-state index is 10.8. The van der Waals surface area contributed by atoms with Gasteiger partial charge in [0.2, 0.25) is 0 Å². The Morgan fingerprint density at radius 3 is 2.58 bits per heavy atom.